The van der Waals surface area contributed by atoms with E-state index >= 15 is 0 Å². The average Bonchev–Trinajstić information content (AvgIpc) is 3.46. The van der Waals surface area contributed by atoms with E-state index in [0.29, 0.717) is 50.8 Å². The predicted molar refractivity (Wildman–Crippen MR) is 150 cm³/mol. The lowest BCUT2D eigenvalue weighted by Gasteiger charge is -2.15. The molecule has 4 heterocycles. The average molecular weight is 537 g/mol. The lowest BCUT2D eigenvalue weighted by molar-refractivity contribution is -0.122. The fourth-order valence-corrected chi connectivity index (χ4v) is 5.51. The standard InChI is InChI=1S/C27H28N4O4S2/c1-3-4-5-6-11-28-24-19(25(32)30-14-17(2)7-10-23(30)29-24)13-22-26(33)31(27(36)37-22)15-18-8-9-20-21(12-18)35-16-34-20/h7-10,12-14,28H,3-6,11,15-16H2,1-2H3. The van der Waals surface area contributed by atoms with Crippen LogP contribution in [0.2, 0.25) is 0 Å². The summed E-state index contributed by atoms with van der Waals surface area (Å²) in [6.07, 6.45) is 7.76. The first kappa shape index (κ1) is 25.3. The summed E-state index contributed by atoms with van der Waals surface area (Å²) in [5.41, 5.74) is 2.49. The second-order valence-corrected chi connectivity index (χ2v) is 10.7. The summed E-state index contributed by atoms with van der Waals surface area (Å²) in [5.74, 6) is 1.57. The zero-order valence-electron chi connectivity index (χ0n) is 20.8. The number of aryl methyl sites for hydroxylation is 1. The van der Waals surface area contributed by atoms with Gasteiger partial charge in [0.1, 0.15) is 15.8 Å². The maximum Gasteiger partial charge on any atom is 0.267 e. The smallest absolute Gasteiger partial charge is 0.267 e. The Bertz CT molecular complexity index is 1470. The van der Waals surface area contributed by atoms with Gasteiger partial charge in [0.25, 0.3) is 11.5 Å². The summed E-state index contributed by atoms with van der Waals surface area (Å²) >= 11 is 6.73. The van der Waals surface area contributed by atoms with Gasteiger partial charge in [0, 0.05) is 12.7 Å². The summed E-state index contributed by atoms with van der Waals surface area (Å²) in [6.45, 7) is 5.27. The van der Waals surface area contributed by atoms with Crippen molar-refractivity contribution in [1.29, 1.82) is 0 Å². The number of aromatic nitrogens is 2. The minimum Gasteiger partial charge on any atom is -0.454 e. The van der Waals surface area contributed by atoms with Gasteiger partial charge in [-0.15, -0.1) is 0 Å². The van der Waals surface area contributed by atoms with E-state index in [1.54, 1.807) is 12.3 Å². The largest absolute Gasteiger partial charge is 0.454 e. The van der Waals surface area contributed by atoms with Crippen molar-refractivity contribution in [3.63, 3.8) is 0 Å². The second kappa shape index (κ2) is 10.9. The highest BCUT2D eigenvalue weighted by Crippen LogP contribution is 2.36. The second-order valence-electron chi connectivity index (χ2n) is 9.06. The maximum atomic E-state index is 13.5. The topological polar surface area (TPSA) is 85.2 Å². The quantitative estimate of drug-likeness (QED) is 0.229. The number of nitrogens with zero attached hydrogens (tertiary/aromatic N) is 3. The first-order valence-electron chi connectivity index (χ1n) is 12.4. The minimum absolute atomic E-state index is 0.187. The van der Waals surface area contributed by atoms with Crippen molar-refractivity contribution in [3.05, 3.63) is 68.5 Å². The van der Waals surface area contributed by atoms with Crippen molar-refractivity contribution in [2.24, 2.45) is 0 Å². The van der Waals surface area contributed by atoms with Crippen LogP contribution in [0.4, 0.5) is 5.82 Å². The zero-order valence-corrected chi connectivity index (χ0v) is 22.4. The Morgan fingerprint density at radius 2 is 1.97 bits per heavy atom. The lowest BCUT2D eigenvalue weighted by Crippen LogP contribution is -2.27. The van der Waals surface area contributed by atoms with E-state index in [9.17, 15) is 9.59 Å². The molecule has 3 aromatic rings. The zero-order chi connectivity index (χ0) is 25.9. The molecular weight excluding hydrogens is 508 g/mol. The van der Waals surface area contributed by atoms with Crippen LogP contribution in [-0.4, -0.2) is 37.8 Å². The number of nitrogens with one attached hydrogen (secondary N) is 1. The molecule has 2 aliphatic heterocycles. The predicted octanol–water partition coefficient (Wildman–Crippen LogP) is 5.13. The van der Waals surface area contributed by atoms with Crippen molar-refractivity contribution in [2.45, 2.75) is 46.1 Å². The molecule has 1 fully saturated rings. The molecular formula is C27H28N4O4S2. The van der Waals surface area contributed by atoms with E-state index in [1.165, 1.54) is 21.1 Å². The van der Waals surface area contributed by atoms with Gasteiger partial charge in [-0.2, -0.15) is 0 Å². The van der Waals surface area contributed by atoms with Gasteiger partial charge < -0.3 is 14.8 Å². The molecule has 1 N–H and O–H groups in total. The number of benzene rings is 1. The summed E-state index contributed by atoms with van der Waals surface area (Å²) in [5, 5.41) is 3.33. The fraction of sp³-hybridized carbons (Fsp3) is 0.333. The molecule has 0 saturated carbocycles. The minimum atomic E-state index is -0.240. The molecule has 5 rings (SSSR count). The van der Waals surface area contributed by atoms with Crippen LogP contribution < -0.4 is 20.3 Å². The Hall–Kier alpha value is -3.37. The fourth-order valence-electron chi connectivity index (χ4n) is 4.27. The summed E-state index contributed by atoms with van der Waals surface area (Å²) in [7, 11) is 0. The van der Waals surface area contributed by atoms with Crippen LogP contribution in [0.25, 0.3) is 11.7 Å². The molecule has 192 valence electrons. The lowest BCUT2D eigenvalue weighted by atomic mass is 10.2. The Kier molecular flexibility index (Phi) is 7.48. The van der Waals surface area contributed by atoms with Crippen LogP contribution in [0.3, 0.4) is 0 Å². The SMILES string of the molecule is CCCCCCNc1nc2ccc(C)cn2c(=O)c1C=C1SC(=S)N(Cc2ccc3c(c2)OCO3)C1=O. The van der Waals surface area contributed by atoms with Crippen LogP contribution in [-0.2, 0) is 11.3 Å². The van der Waals surface area contributed by atoms with Gasteiger partial charge in [0.15, 0.2) is 11.5 Å². The molecule has 0 radical (unpaired) electrons. The number of carbonyl (C=O) groups excluding carboxylic acids is 1. The molecule has 1 saturated heterocycles. The highest BCUT2D eigenvalue weighted by atomic mass is 32.2. The van der Waals surface area contributed by atoms with Crippen LogP contribution in [0.5, 0.6) is 11.5 Å². The molecule has 1 aromatic carbocycles. The number of carbonyl (C=O) groups is 1. The molecule has 0 bridgehead atoms. The first-order valence-corrected chi connectivity index (χ1v) is 13.6. The Morgan fingerprint density at radius 3 is 2.81 bits per heavy atom. The van der Waals surface area contributed by atoms with Gasteiger partial charge in [-0.25, -0.2) is 4.98 Å². The monoisotopic (exact) mass is 536 g/mol. The number of amides is 1. The number of ether oxygens (including phenoxy) is 2. The molecule has 2 aliphatic rings. The number of rotatable bonds is 9. The van der Waals surface area contributed by atoms with Crippen molar-refractivity contribution in [2.75, 3.05) is 18.7 Å². The highest BCUT2D eigenvalue weighted by molar-refractivity contribution is 8.26. The Labute approximate surface area is 224 Å². The molecule has 2 aromatic heterocycles. The third-order valence-electron chi connectivity index (χ3n) is 6.25. The van der Waals surface area contributed by atoms with Gasteiger partial charge in [-0.3, -0.25) is 18.9 Å². The number of hydrogen-bond acceptors (Lipinski definition) is 8. The molecule has 8 nitrogen and oxygen atoms in total. The van der Waals surface area contributed by atoms with E-state index < -0.39 is 0 Å². The number of thiocarbonyl (C=S) groups is 1. The number of pyridine rings is 1. The van der Waals surface area contributed by atoms with Crippen molar-refractivity contribution >= 4 is 51.7 Å². The molecule has 1 amide bonds. The third-order valence-corrected chi connectivity index (χ3v) is 7.63. The number of anilines is 1. The van der Waals surface area contributed by atoms with Crippen molar-refractivity contribution < 1.29 is 14.3 Å². The maximum absolute atomic E-state index is 13.5. The van der Waals surface area contributed by atoms with Gasteiger partial charge in [0.2, 0.25) is 6.79 Å². The van der Waals surface area contributed by atoms with E-state index in [2.05, 4.69) is 12.2 Å². The van der Waals surface area contributed by atoms with E-state index in [1.807, 2.05) is 37.3 Å². The van der Waals surface area contributed by atoms with Crippen LogP contribution in [0.1, 0.15) is 49.3 Å². The molecule has 0 spiro atoms. The van der Waals surface area contributed by atoms with Crippen LogP contribution in [0, 0.1) is 6.92 Å². The normalized spacial score (nSPS) is 15.8. The molecule has 10 heteroatoms. The van der Waals surface area contributed by atoms with Crippen molar-refractivity contribution in [3.8, 4) is 11.5 Å². The van der Waals surface area contributed by atoms with E-state index in [4.69, 9.17) is 26.7 Å². The number of thioether (sulfide) groups is 1. The van der Waals surface area contributed by atoms with E-state index in [0.717, 1.165) is 36.8 Å². The van der Waals surface area contributed by atoms with Gasteiger partial charge in [0.05, 0.1) is 17.0 Å². The Balaban J connectivity index is 1.44. The third kappa shape index (κ3) is 5.35. The molecule has 37 heavy (non-hydrogen) atoms. The van der Waals surface area contributed by atoms with Crippen LogP contribution in [0.15, 0.2) is 46.2 Å². The summed E-state index contributed by atoms with van der Waals surface area (Å²) in [6, 6.07) is 9.32. The summed E-state index contributed by atoms with van der Waals surface area (Å²) < 4.78 is 12.8. The van der Waals surface area contributed by atoms with Crippen LogP contribution >= 0.6 is 24.0 Å². The van der Waals surface area contributed by atoms with Gasteiger partial charge in [-0.1, -0.05) is 62.3 Å². The number of unbranched alkanes of at least 4 members (excludes halogenated alkanes) is 3. The Morgan fingerprint density at radius 1 is 1.14 bits per heavy atom. The van der Waals surface area contributed by atoms with Crippen molar-refractivity contribution in [1.82, 2.24) is 14.3 Å². The summed E-state index contributed by atoms with van der Waals surface area (Å²) in [4.78, 5) is 33.6. The first-order chi connectivity index (χ1) is 17.9. The molecule has 0 unspecified atom stereocenters. The van der Waals surface area contributed by atoms with Gasteiger partial charge >= 0.3 is 0 Å². The number of fused-ring (bicyclic) bond motifs is 2. The number of hydrogen-bond donors (Lipinski definition) is 1. The van der Waals surface area contributed by atoms with E-state index in [-0.39, 0.29) is 18.3 Å². The molecule has 0 atom stereocenters. The highest BCUT2D eigenvalue weighted by Gasteiger charge is 2.33. The van der Waals surface area contributed by atoms with Gasteiger partial charge in [-0.05, 0) is 48.7 Å². The molecule has 0 aliphatic carbocycles.